The van der Waals surface area contributed by atoms with E-state index in [1.54, 1.807) is 6.07 Å². The molecule has 1 atom stereocenters. The van der Waals surface area contributed by atoms with E-state index in [1.165, 1.54) is 0 Å². The molecule has 0 unspecified atom stereocenters. The van der Waals surface area contributed by atoms with E-state index in [4.69, 9.17) is 4.74 Å². The van der Waals surface area contributed by atoms with E-state index < -0.39 is 5.97 Å². The molecule has 4 heteroatoms. The number of nitrogens with zero attached hydrogens (tertiary/aromatic N) is 1. The van der Waals surface area contributed by atoms with Gasteiger partial charge in [-0.15, -0.1) is 0 Å². The molecule has 1 aromatic heterocycles. The predicted molar refractivity (Wildman–Crippen MR) is 99.8 cm³/mol. The summed E-state index contributed by atoms with van der Waals surface area (Å²) in [4.78, 5) is 16.1. The average molecular weight is 341 g/mol. The molecule has 0 amide bonds. The first kappa shape index (κ1) is 19.0. The van der Waals surface area contributed by atoms with Crippen molar-refractivity contribution in [2.75, 3.05) is 0 Å². The summed E-state index contributed by atoms with van der Waals surface area (Å²) in [7, 11) is 0. The van der Waals surface area contributed by atoms with Gasteiger partial charge in [-0.1, -0.05) is 45.4 Å². The zero-order valence-electron chi connectivity index (χ0n) is 16.1. The van der Waals surface area contributed by atoms with Crippen molar-refractivity contribution in [1.82, 2.24) is 4.98 Å². The van der Waals surface area contributed by atoms with Crippen LogP contribution in [0.2, 0.25) is 0 Å². The molecular formula is C21H27NO3. The van der Waals surface area contributed by atoms with Crippen molar-refractivity contribution in [2.24, 2.45) is 5.41 Å². The first-order valence-corrected chi connectivity index (χ1v) is 8.50. The quantitative estimate of drug-likeness (QED) is 0.781. The second-order valence-corrected chi connectivity index (χ2v) is 7.81. The Kier molecular flexibility index (Phi) is 5.21. The number of ether oxygens (including phenoxy) is 1. The highest BCUT2D eigenvalue weighted by atomic mass is 16.5. The van der Waals surface area contributed by atoms with Crippen molar-refractivity contribution in [3.63, 3.8) is 0 Å². The number of pyridine rings is 1. The van der Waals surface area contributed by atoms with Crippen LogP contribution in [-0.4, -0.2) is 16.1 Å². The SMILES string of the molecule is Cc1cc(C)c(Oc2ccc([C@@H](C)C(C)(C)C)nc2C(=O)O)c(C)c1. The molecule has 0 aliphatic heterocycles. The summed E-state index contributed by atoms with van der Waals surface area (Å²) < 4.78 is 5.96. The number of carboxylic acids is 1. The average Bonchev–Trinajstić information content (AvgIpc) is 2.49. The maximum absolute atomic E-state index is 11.7. The fourth-order valence-corrected chi connectivity index (χ4v) is 2.82. The summed E-state index contributed by atoms with van der Waals surface area (Å²) >= 11 is 0. The lowest BCUT2D eigenvalue weighted by Gasteiger charge is -2.27. The third-order valence-corrected chi connectivity index (χ3v) is 4.64. The Labute approximate surface area is 149 Å². The molecule has 0 aliphatic rings. The number of rotatable bonds is 4. The van der Waals surface area contributed by atoms with Gasteiger partial charge < -0.3 is 9.84 Å². The molecule has 0 radical (unpaired) electrons. The van der Waals surface area contributed by atoms with E-state index in [0.29, 0.717) is 5.75 Å². The van der Waals surface area contributed by atoms with Gasteiger partial charge in [-0.05, 0) is 49.4 Å². The molecule has 1 aromatic carbocycles. The largest absolute Gasteiger partial charge is 0.476 e. The Balaban J connectivity index is 2.48. The van der Waals surface area contributed by atoms with Crippen molar-refractivity contribution < 1.29 is 14.6 Å². The lowest BCUT2D eigenvalue weighted by Crippen LogP contribution is -2.18. The molecule has 0 saturated heterocycles. The lowest BCUT2D eigenvalue weighted by atomic mass is 9.80. The molecule has 25 heavy (non-hydrogen) atoms. The molecular weight excluding hydrogens is 314 g/mol. The summed E-state index contributed by atoms with van der Waals surface area (Å²) in [5.74, 6) is 0.00167. The Morgan fingerprint density at radius 1 is 1.12 bits per heavy atom. The van der Waals surface area contributed by atoms with Gasteiger partial charge >= 0.3 is 5.97 Å². The fourth-order valence-electron chi connectivity index (χ4n) is 2.82. The van der Waals surface area contributed by atoms with E-state index in [9.17, 15) is 9.90 Å². The van der Waals surface area contributed by atoms with Crippen LogP contribution in [-0.2, 0) is 0 Å². The van der Waals surface area contributed by atoms with Gasteiger partial charge in [-0.25, -0.2) is 9.78 Å². The minimum absolute atomic E-state index is 0.00468. The topological polar surface area (TPSA) is 59.4 Å². The molecule has 0 fully saturated rings. The molecule has 1 heterocycles. The number of benzene rings is 1. The van der Waals surface area contributed by atoms with Crippen LogP contribution < -0.4 is 4.74 Å². The fraction of sp³-hybridized carbons (Fsp3) is 0.429. The van der Waals surface area contributed by atoms with Crippen LogP contribution in [0.4, 0.5) is 0 Å². The number of aromatic nitrogens is 1. The van der Waals surface area contributed by atoms with Crippen LogP contribution in [0.15, 0.2) is 24.3 Å². The van der Waals surface area contributed by atoms with E-state index in [0.717, 1.165) is 22.4 Å². The molecule has 134 valence electrons. The first-order valence-electron chi connectivity index (χ1n) is 8.50. The lowest BCUT2D eigenvalue weighted by molar-refractivity contribution is 0.0686. The summed E-state index contributed by atoms with van der Waals surface area (Å²) in [6.45, 7) is 14.3. The number of aryl methyl sites for hydroxylation is 3. The van der Waals surface area contributed by atoms with Gasteiger partial charge in [0.15, 0.2) is 11.4 Å². The van der Waals surface area contributed by atoms with Crippen molar-refractivity contribution >= 4 is 5.97 Å². The van der Waals surface area contributed by atoms with E-state index in [2.05, 4.69) is 32.7 Å². The molecule has 0 bridgehead atoms. The number of hydrogen-bond acceptors (Lipinski definition) is 3. The van der Waals surface area contributed by atoms with Gasteiger partial charge in [0.25, 0.3) is 0 Å². The molecule has 0 spiro atoms. The van der Waals surface area contributed by atoms with E-state index in [-0.39, 0.29) is 22.8 Å². The van der Waals surface area contributed by atoms with Crippen molar-refractivity contribution in [1.29, 1.82) is 0 Å². The number of aromatic carboxylic acids is 1. The van der Waals surface area contributed by atoms with Crippen LogP contribution in [0.5, 0.6) is 11.5 Å². The summed E-state index contributed by atoms with van der Waals surface area (Å²) in [6.07, 6.45) is 0. The summed E-state index contributed by atoms with van der Waals surface area (Å²) in [5, 5.41) is 9.59. The van der Waals surface area contributed by atoms with Crippen molar-refractivity contribution in [3.05, 3.63) is 52.3 Å². The second kappa shape index (κ2) is 6.87. The van der Waals surface area contributed by atoms with Crippen LogP contribution in [0.25, 0.3) is 0 Å². The highest BCUT2D eigenvalue weighted by Crippen LogP contribution is 2.36. The van der Waals surface area contributed by atoms with Gasteiger partial charge in [-0.3, -0.25) is 0 Å². The molecule has 0 aliphatic carbocycles. The molecule has 4 nitrogen and oxygen atoms in total. The monoisotopic (exact) mass is 341 g/mol. The number of hydrogen-bond donors (Lipinski definition) is 1. The molecule has 1 N–H and O–H groups in total. The highest BCUT2D eigenvalue weighted by molar-refractivity contribution is 5.88. The minimum Gasteiger partial charge on any atom is -0.476 e. The Morgan fingerprint density at radius 2 is 1.68 bits per heavy atom. The Bertz CT molecular complexity index is 780. The first-order chi connectivity index (χ1) is 11.5. The summed E-state index contributed by atoms with van der Waals surface area (Å²) in [5.41, 5.74) is 3.80. The van der Waals surface area contributed by atoms with Crippen LogP contribution in [0, 0.1) is 26.2 Å². The van der Waals surface area contributed by atoms with Crippen LogP contribution in [0.1, 0.15) is 66.5 Å². The smallest absolute Gasteiger partial charge is 0.358 e. The Morgan fingerprint density at radius 3 is 2.16 bits per heavy atom. The van der Waals surface area contributed by atoms with Crippen LogP contribution >= 0.6 is 0 Å². The minimum atomic E-state index is -1.08. The third kappa shape index (κ3) is 4.19. The summed E-state index contributed by atoms with van der Waals surface area (Å²) in [6, 6.07) is 7.61. The molecule has 2 rings (SSSR count). The normalized spacial score (nSPS) is 12.8. The number of carbonyl (C=O) groups is 1. The third-order valence-electron chi connectivity index (χ3n) is 4.64. The van der Waals surface area contributed by atoms with Gasteiger partial charge in [0.1, 0.15) is 5.75 Å². The van der Waals surface area contributed by atoms with Crippen LogP contribution in [0.3, 0.4) is 0 Å². The Hall–Kier alpha value is -2.36. The van der Waals surface area contributed by atoms with E-state index in [1.807, 2.05) is 39.0 Å². The second-order valence-electron chi connectivity index (χ2n) is 7.81. The maximum Gasteiger partial charge on any atom is 0.358 e. The maximum atomic E-state index is 11.7. The van der Waals surface area contributed by atoms with Gasteiger partial charge in [0.05, 0.1) is 0 Å². The van der Waals surface area contributed by atoms with Crippen molar-refractivity contribution in [3.8, 4) is 11.5 Å². The zero-order chi connectivity index (χ0) is 18.9. The molecule has 2 aromatic rings. The van der Waals surface area contributed by atoms with Gasteiger partial charge in [-0.2, -0.15) is 0 Å². The highest BCUT2D eigenvalue weighted by Gasteiger charge is 2.25. The van der Waals surface area contributed by atoms with Gasteiger partial charge in [0.2, 0.25) is 0 Å². The molecule has 0 saturated carbocycles. The standard InChI is InChI=1S/C21H27NO3/c1-12-10-13(2)19(14(3)11-12)25-17-9-8-16(15(4)21(5,6)7)22-18(17)20(23)24/h8-11,15H,1-7H3,(H,23,24)/t15-/m1/s1. The predicted octanol–water partition coefficient (Wildman–Crippen LogP) is 5.65. The van der Waals surface area contributed by atoms with Crippen molar-refractivity contribution in [2.45, 2.75) is 54.4 Å². The van der Waals surface area contributed by atoms with E-state index >= 15 is 0 Å². The number of carboxylic acid groups (broad SMARTS) is 1. The zero-order valence-corrected chi connectivity index (χ0v) is 16.1. The van der Waals surface area contributed by atoms with Gasteiger partial charge in [0, 0.05) is 11.6 Å².